The number of para-hydroxylation sites is 1. The summed E-state index contributed by atoms with van der Waals surface area (Å²) in [5.74, 6) is -0.477. The minimum atomic E-state index is -0.477. The van der Waals surface area contributed by atoms with E-state index in [1.54, 1.807) is 29.2 Å². The van der Waals surface area contributed by atoms with Gasteiger partial charge in [0.2, 0.25) is 0 Å². The van der Waals surface area contributed by atoms with Gasteiger partial charge in [-0.15, -0.1) is 0 Å². The lowest BCUT2D eigenvalue weighted by molar-refractivity contribution is 0.0602. The Bertz CT molecular complexity index is 1210. The number of aliphatic hydroxyl groups is 1. The number of aryl methyl sites for hydroxylation is 2. The fraction of sp³-hybridized carbons (Fsp3) is 0.292. The topological polar surface area (TPSA) is 94.7 Å². The number of carbonyl (C=O) groups excluding carboxylic acids is 1. The second-order valence-electron chi connectivity index (χ2n) is 7.56. The summed E-state index contributed by atoms with van der Waals surface area (Å²) in [6.45, 7) is 4.68. The van der Waals surface area contributed by atoms with Crippen LogP contribution in [-0.2, 0) is 11.3 Å². The van der Waals surface area contributed by atoms with Gasteiger partial charge in [0, 0.05) is 18.7 Å². The van der Waals surface area contributed by atoms with Gasteiger partial charge >= 0.3 is 5.97 Å². The molecular weight excluding hydrogens is 426 g/mol. The van der Waals surface area contributed by atoms with Crippen LogP contribution in [0.15, 0.2) is 47.3 Å². The van der Waals surface area contributed by atoms with Gasteiger partial charge in [-0.3, -0.25) is 4.79 Å². The fourth-order valence-corrected chi connectivity index (χ4v) is 3.75. The van der Waals surface area contributed by atoms with E-state index in [9.17, 15) is 14.7 Å². The van der Waals surface area contributed by atoms with E-state index in [0.717, 1.165) is 22.0 Å². The number of thiocarbonyl (C=S) groups is 1. The van der Waals surface area contributed by atoms with Gasteiger partial charge in [-0.1, -0.05) is 24.3 Å². The highest BCUT2D eigenvalue weighted by molar-refractivity contribution is 7.80. The Morgan fingerprint density at radius 3 is 2.69 bits per heavy atom. The Morgan fingerprint density at radius 2 is 1.97 bits per heavy atom. The highest BCUT2D eigenvalue weighted by atomic mass is 32.1. The number of carbonyl (C=O) groups is 1. The number of methoxy groups -OCH3 is 1. The Labute approximate surface area is 192 Å². The maximum Gasteiger partial charge on any atom is 0.339 e. The molecule has 0 atom stereocenters. The Kier molecular flexibility index (Phi) is 7.61. The van der Waals surface area contributed by atoms with E-state index in [0.29, 0.717) is 34.9 Å². The van der Waals surface area contributed by atoms with Crippen molar-refractivity contribution in [3.05, 3.63) is 75.1 Å². The molecule has 3 N–H and O–H groups in total. The maximum atomic E-state index is 12.8. The molecule has 32 heavy (non-hydrogen) atoms. The monoisotopic (exact) mass is 453 g/mol. The molecule has 3 aromatic rings. The summed E-state index contributed by atoms with van der Waals surface area (Å²) < 4.78 is 4.84. The van der Waals surface area contributed by atoms with Crippen LogP contribution >= 0.6 is 12.2 Å². The number of fused-ring (bicyclic) bond motifs is 1. The summed E-state index contributed by atoms with van der Waals surface area (Å²) in [6, 6.07) is 12.8. The van der Waals surface area contributed by atoms with Crippen molar-refractivity contribution in [3.63, 3.8) is 0 Å². The first-order valence-electron chi connectivity index (χ1n) is 10.3. The predicted octanol–water partition coefficient (Wildman–Crippen LogP) is 3.51. The minimum Gasteiger partial charge on any atom is -0.465 e. The lowest BCUT2D eigenvalue weighted by Gasteiger charge is -2.26. The number of nitrogens with zero attached hydrogens (tertiary/aromatic N) is 1. The summed E-state index contributed by atoms with van der Waals surface area (Å²) in [5, 5.41) is 13.7. The van der Waals surface area contributed by atoms with Crippen molar-refractivity contribution in [1.82, 2.24) is 9.88 Å². The van der Waals surface area contributed by atoms with Crippen molar-refractivity contribution in [2.45, 2.75) is 26.8 Å². The van der Waals surface area contributed by atoms with E-state index in [1.165, 1.54) is 7.11 Å². The summed E-state index contributed by atoms with van der Waals surface area (Å²) in [7, 11) is 1.32. The first-order valence-corrected chi connectivity index (χ1v) is 10.7. The number of hydrogen-bond acceptors (Lipinski definition) is 5. The van der Waals surface area contributed by atoms with Gasteiger partial charge in [0.1, 0.15) is 0 Å². The molecule has 1 heterocycles. The number of hydrogen-bond donors (Lipinski definition) is 3. The lowest BCUT2D eigenvalue weighted by Crippen LogP contribution is -2.37. The molecular formula is C24H27N3O4S. The Hall–Kier alpha value is -3.23. The Balaban J connectivity index is 1.90. The van der Waals surface area contributed by atoms with Crippen LogP contribution < -0.4 is 10.9 Å². The molecule has 0 amide bonds. The van der Waals surface area contributed by atoms with Crippen LogP contribution in [-0.4, -0.2) is 46.3 Å². The zero-order chi connectivity index (χ0) is 23.3. The van der Waals surface area contributed by atoms with Crippen molar-refractivity contribution in [2.75, 3.05) is 25.6 Å². The number of rotatable bonds is 7. The Morgan fingerprint density at radius 1 is 1.22 bits per heavy atom. The van der Waals surface area contributed by atoms with Gasteiger partial charge in [-0.2, -0.15) is 0 Å². The van der Waals surface area contributed by atoms with Crippen molar-refractivity contribution in [3.8, 4) is 0 Å². The zero-order valence-corrected chi connectivity index (χ0v) is 19.2. The number of pyridine rings is 1. The van der Waals surface area contributed by atoms with Crippen molar-refractivity contribution < 1.29 is 14.6 Å². The molecule has 1 aromatic heterocycles. The van der Waals surface area contributed by atoms with Crippen molar-refractivity contribution >= 4 is 39.9 Å². The molecule has 0 fully saturated rings. The van der Waals surface area contributed by atoms with Gasteiger partial charge < -0.3 is 25.0 Å². The molecule has 0 spiro atoms. The van der Waals surface area contributed by atoms with Gasteiger partial charge in [0.15, 0.2) is 5.11 Å². The SMILES string of the molecule is COC(=O)c1ccccc1NC(=S)N(CCCO)Cc1cc2ccc(C)c(C)c2[nH]c1=O. The normalized spacial score (nSPS) is 10.8. The van der Waals surface area contributed by atoms with Crippen LogP contribution in [0.1, 0.15) is 33.5 Å². The summed E-state index contributed by atoms with van der Waals surface area (Å²) in [6.07, 6.45) is 0.476. The number of aromatic amines is 1. The maximum absolute atomic E-state index is 12.8. The van der Waals surface area contributed by atoms with Crippen LogP contribution in [0.5, 0.6) is 0 Å². The predicted molar refractivity (Wildman–Crippen MR) is 130 cm³/mol. The van der Waals surface area contributed by atoms with Gasteiger partial charge in [0.05, 0.1) is 30.4 Å². The number of esters is 1. The van der Waals surface area contributed by atoms with Gasteiger partial charge in [-0.05, 0) is 67.2 Å². The molecule has 0 saturated heterocycles. The van der Waals surface area contributed by atoms with Gasteiger partial charge in [0.25, 0.3) is 5.56 Å². The molecule has 0 saturated carbocycles. The third kappa shape index (κ3) is 5.15. The first kappa shape index (κ1) is 23.4. The molecule has 3 rings (SSSR count). The number of H-pyrrole nitrogens is 1. The average Bonchev–Trinajstić information content (AvgIpc) is 2.79. The average molecular weight is 454 g/mol. The number of benzene rings is 2. The van der Waals surface area contributed by atoms with Crippen molar-refractivity contribution in [2.24, 2.45) is 0 Å². The van der Waals surface area contributed by atoms with Crippen LogP contribution in [0.25, 0.3) is 10.9 Å². The number of nitrogens with one attached hydrogen (secondary N) is 2. The van der Waals surface area contributed by atoms with E-state index >= 15 is 0 Å². The van der Waals surface area contributed by atoms with Crippen LogP contribution in [0, 0.1) is 13.8 Å². The quantitative estimate of drug-likeness (QED) is 0.372. The van der Waals surface area contributed by atoms with E-state index < -0.39 is 5.97 Å². The zero-order valence-electron chi connectivity index (χ0n) is 18.4. The highest BCUT2D eigenvalue weighted by Gasteiger charge is 2.17. The van der Waals surface area contributed by atoms with Crippen LogP contribution in [0.3, 0.4) is 0 Å². The third-order valence-electron chi connectivity index (χ3n) is 5.44. The molecule has 0 aliphatic rings. The molecule has 0 bridgehead atoms. The van der Waals surface area contributed by atoms with E-state index in [-0.39, 0.29) is 18.7 Å². The number of anilines is 1. The third-order valence-corrected chi connectivity index (χ3v) is 5.80. The van der Waals surface area contributed by atoms with Crippen LogP contribution in [0.4, 0.5) is 5.69 Å². The number of ether oxygens (including phenoxy) is 1. The van der Waals surface area contributed by atoms with E-state index in [2.05, 4.69) is 10.3 Å². The summed E-state index contributed by atoms with van der Waals surface area (Å²) in [5.41, 5.74) is 4.22. The van der Waals surface area contributed by atoms with E-state index in [4.69, 9.17) is 17.0 Å². The number of aromatic nitrogens is 1. The molecule has 0 aliphatic heterocycles. The fourth-order valence-electron chi connectivity index (χ4n) is 3.48. The highest BCUT2D eigenvalue weighted by Crippen LogP contribution is 2.20. The standard InChI is InChI=1S/C24H27N3O4S/c1-15-9-10-17-13-18(22(29)26-21(17)16(15)2)14-27(11-6-12-28)24(32)25-20-8-5-4-7-19(20)23(30)31-3/h4-5,7-10,13,28H,6,11-12,14H2,1-3H3,(H,25,32)(H,26,29). The number of aliphatic hydroxyl groups excluding tert-OH is 1. The largest absolute Gasteiger partial charge is 0.465 e. The molecule has 0 unspecified atom stereocenters. The molecule has 0 radical (unpaired) electrons. The second-order valence-corrected chi connectivity index (χ2v) is 7.95. The minimum absolute atomic E-state index is 0.00951. The molecule has 7 nitrogen and oxygen atoms in total. The summed E-state index contributed by atoms with van der Waals surface area (Å²) >= 11 is 5.60. The lowest BCUT2D eigenvalue weighted by atomic mass is 10.0. The molecule has 0 aliphatic carbocycles. The summed E-state index contributed by atoms with van der Waals surface area (Å²) in [4.78, 5) is 29.7. The molecule has 8 heteroatoms. The van der Waals surface area contributed by atoms with Crippen LogP contribution in [0.2, 0.25) is 0 Å². The smallest absolute Gasteiger partial charge is 0.339 e. The second kappa shape index (κ2) is 10.4. The first-order chi connectivity index (χ1) is 15.3. The van der Waals surface area contributed by atoms with Gasteiger partial charge in [-0.25, -0.2) is 4.79 Å². The molecule has 168 valence electrons. The molecule has 2 aromatic carbocycles. The van der Waals surface area contributed by atoms with E-state index in [1.807, 2.05) is 32.0 Å². The van der Waals surface area contributed by atoms with Crippen molar-refractivity contribution in [1.29, 1.82) is 0 Å².